The van der Waals surface area contributed by atoms with Crippen LogP contribution in [0.4, 0.5) is 8.78 Å². The lowest BCUT2D eigenvalue weighted by Crippen LogP contribution is -1.99. The molecule has 3 heteroatoms. The maximum absolute atomic E-state index is 13.1. The van der Waals surface area contributed by atoms with E-state index in [0.29, 0.717) is 11.5 Å². The maximum Gasteiger partial charge on any atom is 0.159 e. The van der Waals surface area contributed by atoms with Crippen LogP contribution in [-0.2, 0) is 6.61 Å². The minimum Gasteiger partial charge on any atom is -0.489 e. The smallest absolute Gasteiger partial charge is 0.159 e. The van der Waals surface area contributed by atoms with Gasteiger partial charge in [-0.05, 0) is 47.7 Å². The molecule has 2 aromatic rings. The highest BCUT2D eigenvalue weighted by Gasteiger charge is 2.07. The van der Waals surface area contributed by atoms with Gasteiger partial charge in [-0.2, -0.15) is 0 Å². The molecule has 0 aliphatic carbocycles. The molecule has 2 aromatic carbocycles. The molecule has 0 aliphatic heterocycles. The van der Waals surface area contributed by atoms with Crippen molar-refractivity contribution in [3.05, 3.63) is 64.7 Å². The number of aryl methyl sites for hydroxylation is 1. The largest absolute Gasteiger partial charge is 0.489 e. The van der Waals surface area contributed by atoms with Gasteiger partial charge in [-0.15, -0.1) is 0 Å². The summed E-state index contributed by atoms with van der Waals surface area (Å²) in [6.45, 7) is 6.41. The molecule has 1 nitrogen and oxygen atoms in total. The van der Waals surface area contributed by atoms with Crippen molar-refractivity contribution in [1.29, 1.82) is 0 Å². The summed E-state index contributed by atoms with van der Waals surface area (Å²) in [7, 11) is 0. The Kier molecular flexibility index (Phi) is 4.38. The first-order valence-electron chi connectivity index (χ1n) is 6.64. The molecule has 2 rings (SSSR count). The molecule has 20 heavy (non-hydrogen) atoms. The van der Waals surface area contributed by atoms with Crippen molar-refractivity contribution in [2.24, 2.45) is 0 Å². The third-order valence-electron chi connectivity index (χ3n) is 3.26. The Morgan fingerprint density at radius 1 is 1.00 bits per heavy atom. The summed E-state index contributed by atoms with van der Waals surface area (Å²) in [5.74, 6) is -0.493. The van der Waals surface area contributed by atoms with E-state index in [1.807, 2.05) is 19.1 Å². The van der Waals surface area contributed by atoms with Crippen molar-refractivity contribution < 1.29 is 13.5 Å². The molecule has 0 amide bonds. The Morgan fingerprint density at radius 3 is 2.40 bits per heavy atom. The van der Waals surface area contributed by atoms with Crippen molar-refractivity contribution in [3.8, 4) is 5.75 Å². The van der Waals surface area contributed by atoms with Gasteiger partial charge in [-0.3, -0.25) is 0 Å². The van der Waals surface area contributed by atoms with E-state index in [0.717, 1.165) is 23.4 Å². The minimum atomic E-state index is -0.848. The highest BCUT2D eigenvalue weighted by molar-refractivity contribution is 5.38. The molecule has 0 saturated carbocycles. The standard InChI is InChI=1S/C17H18F2O/c1-11(2)14-6-4-12(3)17(9-14)20-10-13-5-7-15(18)16(19)8-13/h4-9,11H,10H2,1-3H3. The average Bonchev–Trinajstić information content (AvgIpc) is 2.41. The molecule has 0 N–H and O–H groups in total. The molecule has 0 spiro atoms. The number of benzene rings is 2. The summed E-state index contributed by atoms with van der Waals surface area (Å²) in [5, 5.41) is 0. The average molecular weight is 276 g/mol. The fourth-order valence-electron chi connectivity index (χ4n) is 1.92. The molecular formula is C17H18F2O. The zero-order valence-corrected chi connectivity index (χ0v) is 11.9. The van der Waals surface area contributed by atoms with E-state index in [4.69, 9.17) is 4.74 Å². The zero-order valence-electron chi connectivity index (χ0n) is 11.9. The van der Waals surface area contributed by atoms with Gasteiger partial charge < -0.3 is 4.74 Å². The molecule has 0 unspecified atom stereocenters. The second-order valence-corrected chi connectivity index (χ2v) is 5.22. The van der Waals surface area contributed by atoms with Crippen molar-refractivity contribution in [1.82, 2.24) is 0 Å². The van der Waals surface area contributed by atoms with Crippen LogP contribution >= 0.6 is 0 Å². The Morgan fingerprint density at radius 2 is 1.75 bits per heavy atom. The lowest BCUT2D eigenvalue weighted by atomic mass is 10.0. The van der Waals surface area contributed by atoms with E-state index >= 15 is 0 Å². The second-order valence-electron chi connectivity index (χ2n) is 5.22. The lowest BCUT2D eigenvalue weighted by molar-refractivity contribution is 0.302. The molecule has 0 fully saturated rings. The SMILES string of the molecule is Cc1ccc(C(C)C)cc1OCc1ccc(F)c(F)c1. The van der Waals surface area contributed by atoms with Gasteiger partial charge in [0.05, 0.1) is 0 Å². The monoisotopic (exact) mass is 276 g/mol. The highest BCUT2D eigenvalue weighted by atomic mass is 19.2. The number of hydrogen-bond acceptors (Lipinski definition) is 1. The second kappa shape index (κ2) is 6.04. The maximum atomic E-state index is 13.1. The van der Waals surface area contributed by atoms with Crippen LogP contribution < -0.4 is 4.74 Å². The Balaban J connectivity index is 2.13. The molecule has 0 radical (unpaired) electrons. The van der Waals surface area contributed by atoms with Crippen molar-refractivity contribution in [2.45, 2.75) is 33.3 Å². The van der Waals surface area contributed by atoms with Crippen LogP contribution in [0.15, 0.2) is 36.4 Å². The number of hydrogen-bond donors (Lipinski definition) is 0. The summed E-state index contributed by atoms with van der Waals surface area (Å²) in [4.78, 5) is 0. The Labute approximate surface area is 118 Å². The van der Waals surface area contributed by atoms with E-state index in [-0.39, 0.29) is 6.61 Å². The molecule has 0 aliphatic rings. The van der Waals surface area contributed by atoms with Crippen LogP contribution in [-0.4, -0.2) is 0 Å². The van der Waals surface area contributed by atoms with Gasteiger partial charge in [0.25, 0.3) is 0 Å². The van der Waals surface area contributed by atoms with Crippen LogP contribution in [0.5, 0.6) is 5.75 Å². The fraction of sp³-hybridized carbons (Fsp3) is 0.294. The first-order valence-corrected chi connectivity index (χ1v) is 6.64. The first-order chi connectivity index (χ1) is 9.47. The zero-order chi connectivity index (χ0) is 14.7. The van der Waals surface area contributed by atoms with Gasteiger partial charge in [-0.1, -0.05) is 32.0 Å². The topological polar surface area (TPSA) is 9.23 Å². The van der Waals surface area contributed by atoms with Crippen LogP contribution in [0.3, 0.4) is 0 Å². The van der Waals surface area contributed by atoms with Crippen LogP contribution in [0.25, 0.3) is 0 Å². The fourth-order valence-corrected chi connectivity index (χ4v) is 1.92. The van der Waals surface area contributed by atoms with E-state index in [1.165, 1.54) is 11.6 Å². The van der Waals surface area contributed by atoms with Crippen molar-refractivity contribution >= 4 is 0 Å². The predicted molar refractivity (Wildman–Crippen MR) is 76.0 cm³/mol. The van der Waals surface area contributed by atoms with Crippen molar-refractivity contribution in [2.75, 3.05) is 0 Å². The van der Waals surface area contributed by atoms with Gasteiger partial charge in [0, 0.05) is 0 Å². The summed E-state index contributed by atoms with van der Waals surface area (Å²) in [5.41, 5.74) is 2.83. The van der Waals surface area contributed by atoms with Gasteiger partial charge in [0.1, 0.15) is 12.4 Å². The molecule has 0 aromatic heterocycles. The third kappa shape index (κ3) is 3.35. The van der Waals surface area contributed by atoms with Gasteiger partial charge in [0.15, 0.2) is 11.6 Å². The number of halogens is 2. The normalized spacial score (nSPS) is 10.9. The lowest BCUT2D eigenvalue weighted by Gasteiger charge is -2.13. The summed E-state index contributed by atoms with van der Waals surface area (Å²) in [6, 6.07) is 9.89. The van der Waals surface area contributed by atoms with Crippen LogP contribution in [0.1, 0.15) is 36.5 Å². The van der Waals surface area contributed by atoms with E-state index in [1.54, 1.807) is 0 Å². The van der Waals surface area contributed by atoms with Gasteiger partial charge in [-0.25, -0.2) is 8.78 Å². The number of rotatable bonds is 4. The molecular weight excluding hydrogens is 258 g/mol. The molecule has 0 bridgehead atoms. The first kappa shape index (κ1) is 14.5. The van der Waals surface area contributed by atoms with E-state index < -0.39 is 11.6 Å². The quantitative estimate of drug-likeness (QED) is 0.765. The predicted octanol–water partition coefficient (Wildman–Crippen LogP) is 4.98. The summed E-state index contributed by atoms with van der Waals surface area (Å²) >= 11 is 0. The van der Waals surface area contributed by atoms with Gasteiger partial charge in [0.2, 0.25) is 0 Å². The van der Waals surface area contributed by atoms with Crippen LogP contribution in [0, 0.1) is 18.6 Å². The van der Waals surface area contributed by atoms with E-state index in [2.05, 4.69) is 19.9 Å². The summed E-state index contributed by atoms with van der Waals surface area (Å²) < 4.78 is 31.7. The minimum absolute atomic E-state index is 0.222. The summed E-state index contributed by atoms with van der Waals surface area (Å²) in [6.07, 6.45) is 0. The van der Waals surface area contributed by atoms with Gasteiger partial charge >= 0.3 is 0 Å². The molecule has 106 valence electrons. The molecule has 0 saturated heterocycles. The van der Waals surface area contributed by atoms with Crippen LogP contribution in [0.2, 0.25) is 0 Å². The molecule has 0 atom stereocenters. The third-order valence-corrected chi connectivity index (χ3v) is 3.26. The number of ether oxygens (including phenoxy) is 1. The Hall–Kier alpha value is -1.90. The highest BCUT2D eigenvalue weighted by Crippen LogP contribution is 2.25. The Bertz CT molecular complexity index is 606. The molecule has 0 heterocycles. The van der Waals surface area contributed by atoms with E-state index in [9.17, 15) is 8.78 Å². The van der Waals surface area contributed by atoms with Crippen molar-refractivity contribution in [3.63, 3.8) is 0 Å².